The van der Waals surface area contributed by atoms with Crippen LogP contribution in [0.2, 0.25) is 0 Å². The van der Waals surface area contributed by atoms with Gasteiger partial charge in [0, 0.05) is 17.5 Å². The average molecular weight is 712 g/mol. The van der Waals surface area contributed by atoms with E-state index in [0.29, 0.717) is 0 Å². The zero-order chi connectivity index (χ0) is 37.0. The molecule has 10 aromatic carbocycles. The lowest BCUT2D eigenvalue weighted by molar-refractivity contribution is 1.21. The van der Waals surface area contributed by atoms with E-state index in [-0.39, 0.29) is 0 Å². The highest BCUT2D eigenvalue weighted by molar-refractivity contribution is 6.15. The first-order valence-electron chi connectivity index (χ1n) is 19.5. The number of nitrogens with zero attached hydrogens (tertiary/aromatic N) is 1. The lowest BCUT2D eigenvalue weighted by Crippen LogP contribution is -2.13. The molecule has 0 radical (unpaired) electrons. The van der Waals surface area contributed by atoms with E-state index in [1.54, 1.807) is 0 Å². The van der Waals surface area contributed by atoms with Crippen LogP contribution in [0.15, 0.2) is 212 Å². The summed E-state index contributed by atoms with van der Waals surface area (Å²) in [5.41, 5.74) is 16.2. The fraction of sp³-hybridized carbons (Fsp3) is 0.0182. The Bertz CT molecular complexity index is 3080. The monoisotopic (exact) mass is 711 g/mol. The highest BCUT2D eigenvalue weighted by Gasteiger charge is 2.27. The Morgan fingerprint density at radius 1 is 0.304 bits per heavy atom. The molecular formula is C55H37N. The molecule has 0 bridgehead atoms. The molecular weight excluding hydrogens is 675 g/mol. The largest absolute Gasteiger partial charge is 0.310 e. The Kier molecular flexibility index (Phi) is 7.64. The van der Waals surface area contributed by atoms with Gasteiger partial charge in [-0.15, -0.1) is 0 Å². The van der Waals surface area contributed by atoms with Gasteiger partial charge in [0.15, 0.2) is 0 Å². The van der Waals surface area contributed by atoms with Gasteiger partial charge in [-0.05, 0) is 119 Å². The molecule has 0 saturated heterocycles. The van der Waals surface area contributed by atoms with Gasteiger partial charge in [-0.2, -0.15) is 0 Å². The Balaban J connectivity index is 1.08. The predicted octanol–water partition coefficient (Wildman–Crippen LogP) is 15.2. The normalized spacial score (nSPS) is 11.9. The molecule has 1 nitrogen and oxygen atoms in total. The smallest absolute Gasteiger partial charge is 0.0546 e. The number of hydrogen-bond donors (Lipinski definition) is 0. The summed E-state index contributed by atoms with van der Waals surface area (Å²) in [6.07, 6.45) is 0.888. The molecule has 10 aromatic rings. The summed E-state index contributed by atoms with van der Waals surface area (Å²) in [4.78, 5) is 2.53. The van der Waals surface area contributed by atoms with E-state index in [1.807, 2.05) is 0 Å². The van der Waals surface area contributed by atoms with Crippen molar-refractivity contribution >= 4 is 49.4 Å². The van der Waals surface area contributed by atoms with Crippen molar-refractivity contribution in [1.82, 2.24) is 0 Å². The van der Waals surface area contributed by atoms with Crippen LogP contribution in [0.5, 0.6) is 0 Å². The summed E-state index contributed by atoms with van der Waals surface area (Å²) in [5.74, 6) is 0. The third-order valence-electron chi connectivity index (χ3n) is 11.7. The summed E-state index contributed by atoms with van der Waals surface area (Å²) >= 11 is 0. The van der Waals surface area contributed by atoms with Crippen LogP contribution >= 0.6 is 0 Å². The second-order valence-corrected chi connectivity index (χ2v) is 14.9. The molecule has 56 heavy (non-hydrogen) atoms. The molecule has 0 fully saturated rings. The maximum Gasteiger partial charge on any atom is 0.0546 e. The summed E-state index contributed by atoms with van der Waals surface area (Å²) < 4.78 is 0. The summed E-state index contributed by atoms with van der Waals surface area (Å²) in [7, 11) is 0. The lowest BCUT2D eigenvalue weighted by Gasteiger charge is -2.30. The van der Waals surface area contributed by atoms with Gasteiger partial charge < -0.3 is 4.90 Å². The minimum absolute atomic E-state index is 0.888. The maximum absolute atomic E-state index is 2.53. The van der Waals surface area contributed by atoms with Gasteiger partial charge in [0.25, 0.3) is 0 Å². The first-order chi connectivity index (χ1) is 27.7. The topological polar surface area (TPSA) is 3.24 Å². The van der Waals surface area contributed by atoms with Crippen LogP contribution in [0, 0.1) is 0 Å². The minimum atomic E-state index is 0.888. The van der Waals surface area contributed by atoms with E-state index in [1.165, 1.54) is 99.3 Å². The van der Waals surface area contributed by atoms with Crippen LogP contribution in [-0.4, -0.2) is 0 Å². The molecule has 11 rings (SSSR count). The van der Waals surface area contributed by atoms with Crippen molar-refractivity contribution in [2.75, 3.05) is 4.90 Å². The van der Waals surface area contributed by atoms with Crippen molar-refractivity contribution in [3.8, 4) is 44.5 Å². The molecule has 0 saturated carbocycles. The van der Waals surface area contributed by atoms with E-state index in [4.69, 9.17) is 0 Å². The molecule has 0 aliphatic heterocycles. The molecule has 0 aromatic heterocycles. The van der Waals surface area contributed by atoms with Gasteiger partial charge >= 0.3 is 0 Å². The lowest BCUT2D eigenvalue weighted by atomic mass is 9.94. The molecule has 1 aliphatic carbocycles. The van der Waals surface area contributed by atoms with Gasteiger partial charge in [0.2, 0.25) is 0 Å². The Hall–Kier alpha value is -7.22. The number of benzene rings is 10. The van der Waals surface area contributed by atoms with Gasteiger partial charge in [0.1, 0.15) is 0 Å². The van der Waals surface area contributed by atoms with E-state index in [2.05, 4.69) is 217 Å². The van der Waals surface area contributed by atoms with Gasteiger partial charge in [-0.3, -0.25) is 0 Å². The second-order valence-electron chi connectivity index (χ2n) is 14.9. The van der Waals surface area contributed by atoms with E-state index < -0.39 is 0 Å². The zero-order valence-corrected chi connectivity index (χ0v) is 30.9. The first-order valence-corrected chi connectivity index (χ1v) is 19.5. The second kappa shape index (κ2) is 13.3. The zero-order valence-electron chi connectivity index (χ0n) is 30.9. The Morgan fingerprint density at radius 3 is 1.66 bits per heavy atom. The van der Waals surface area contributed by atoms with Gasteiger partial charge in [-0.1, -0.05) is 176 Å². The average Bonchev–Trinajstić information content (AvgIpc) is 3.66. The molecule has 262 valence electrons. The van der Waals surface area contributed by atoms with Gasteiger partial charge in [-0.25, -0.2) is 0 Å². The Morgan fingerprint density at radius 2 is 0.875 bits per heavy atom. The number of fused-ring (bicyclic) bond motifs is 7. The van der Waals surface area contributed by atoms with Crippen LogP contribution in [-0.2, 0) is 6.42 Å². The summed E-state index contributed by atoms with van der Waals surface area (Å²) in [6, 6.07) is 78.1. The molecule has 0 unspecified atom stereocenters. The molecule has 0 atom stereocenters. The highest BCUT2D eigenvalue weighted by Crippen LogP contribution is 2.50. The van der Waals surface area contributed by atoms with Crippen molar-refractivity contribution in [3.05, 3.63) is 223 Å². The quantitative estimate of drug-likeness (QED) is 0.155. The SMILES string of the molecule is c1ccc(-c2cc3c(c(N(c4ccc(-c5ccc(-c6ccc7ccccc7c6)cc5)cc4)c4cc5ccccc5c5ccccc45)c2)Cc2ccccc2-3)cc1. The fourth-order valence-corrected chi connectivity index (χ4v) is 8.86. The fourth-order valence-electron chi connectivity index (χ4n) is 8.86. The van der Waals surface area contributed by atoms with E-state index in [0.717, 1.165) is 12.1 Å². The van der Waals surface area contributed by atoms with Crippen LogP contribution in [0.3, 0.4) is 0 Å². The van der Waals surface area contributed by atoms with Crippen molar-refractivity contribution in [2.24, 2.45) is 0 Å². The highest BCUT2D eigenvalue weighted by atomic mass is 15.1. The molecule has 1 heteroatoms. The molecule has 0 amide bonds. The van der Waals surface area contributed by atoms with Crippen molar-refractivity contribution in [2.45, 2.75) is 6.42 Å². The first kappa shape index (κ1) is 32.2. The maximum atomic E-state index is 2.53. The molecule has 0 N–H and O–H groups in total. The van der Waals surface area contributed by atoms with Crippen molar-refractivity contribution < 1.29 is 0 Å². The number of hydrogen-bond acceptors (Lipinski definition) is 1. The van der Waals surface area contributed by atoms with Crippen molar-refractivity contribution in [3.63, 3.8) is 0 Å². The predicted molar refractivity (Wildman–Crippen MR) is 238 cm³/mol. The van der Waals surface area contributed by atoms with Gasteiger partial charge in [0.05, 0.1) is 11.4 Å². The van der Waals surface area contributed by atoms with Crippen LogP contribution < -0.4 is 4.90 Å². The van der Waals surface area contributed by atoms with Crippen LogP contribution in [0.1, 0.15) is 11.1 Å². The van der Waals surface area contributed by atoms with E-state index in [9.17, 15) is 0 Å². The third-order valence-corrected chi connectivity index (χ3v) is 11.7. The summed E-state index contributed by atoms with van der Waals surface area (Å²) in [5, 5.41) is 7.51. The van der Waals surface area contributed by atoms with Crippen molar-refractivity contribution in [1.29, 1.82) is 0 Å². The third kappa shape index (κ3) is 5.48. The molecule has 0 spiro atoms. The molecule has 0 heterocycles. The minimum Gasteiger partial charge on any atom is -0.310 e. The summed E-state index contributed by atoms with van der Waals surface area (Å²) in [6.45, 7) is 0. The van der Waals surface area contributed by atoms with Crippen LogP contribution in [0.4, 0.5) is 17.1 Å². The standard InChI is InChI=1S/C55H37N/c1-2-12-37(13-3-1)46-34-52-49-19-9-6-16-44(49)33-53(52)55(36-46)56(54-35-45-17-7-8-18-48(45)50-20-10-11-21-51(50)54)47-30-28-40(29-31-47)39-22-24-41(25-23-39)43-27-26-38-14-4-5-15-42(38)32-43/h1-32,34-36H,33H2. The molecule has 1 aliphatic rings. The van der Waals surface area contributed by atoms with E-state index >= 15 is 0 Å². The number of anilines is 3. The number of rotatable bonds is 6. The van der Waals surface area contributed by atoms with Crippen LogP contribution in [0.25, 0.3) is 76.8 Å². The Labute approximate surface area is 327 Å².